The molecule has 1 rings (SSSR count). The molecule has 0 saturated heterocycles. The van der Waals surface area contributed by atoms with Crippen LogP contribution in [-0.2, 0) is 5.41 Å². The van der Waals surface area contributed by atoms with Crippen LogP contribution in [0.5, 0.6) is 0 Å². The van der Waals surface area contributed by atoms with E-state index in [2.05, 4.69) is 33.1 Å². The first-order chi connectivity index (χ1) is 5.99. The SMILES string of the molecule is CCCC(C)(C)c1scc(C)c1Cl. The molecule has 0 spiro atoms. The number of hydrogen-bond acceptors (Lipinski definition) is 1. The van der Waals surface area contributed by atoms with Crippen LogP contribution in [-0.4, -0.2) is 0 Å². The fourth-order valence-electron chi connectivity index (χ4n) is 1.63. The first-order valence-corrected chi connectivity index (χ1v) is 5.99. The summed E-state index contributed by atoms with van der Waals surface area (Å²) in [5.41, 5.74) is 1.45. The average molecular weight is 217 g/mol. The van der Waals surface area contributed by atoms with Crippen molar-refractivity contribution in [3.8, 4) is 0 Å². The average Bonchev–Trinajstić information content (AvgIpc) is 2.33. The van der Waals surface area contributed by atoms with Crippen LogP contribution in [0.25, 0.3) is 0 Å². The molecule has 0 radical (unpaired) electrons. The second kappa shape index (κ2) is 4.02. The molecule has 0 aromatic carbocycles. The molecular weight excluding hydrogens is 200 g/mol. The van der Waals surface area contributed by atoms with Gasteiger partial charge in [-0.25, -0.2) is 0 Å². The van der Waals surface area contributed by atoms with E-state index < -0.39 is 0 Å². The van der Waals surface area contributed by atoms with Crippen LogP contribution in [0, 0.1) is 6.92 Å². The Balaban J connectivity index is 2.99. The molecule has 0 amide bonds. The van der Waals surface area contributed by atoms with Gasteiger partial charge in [-0.1, -0.05) is 38.8 Å². The van der Waals surface area contributed by atoms with Gasteiger partial charge in [-0.05, 0) is 24.3 Å². The summed E-state index contributed by atoms with van der Waals surface area (Å²) in [7, 11) is 0. The fourth-order valence-corrected chi connectivity index (χ4v) is 3.23. The maximum atomic E-state index is 6.24. The summed E-state index contributed by atoms with van der Waals surface area (Å²) in [6.45, 7) is 8.84. The summed E-state index contributed by atoms with van der Waals surface area (Å²) >= 11 is 8.03. The minimum absolute atomic E-state index is 0.241. The van der Waals surface area contributed by atoms with Crippen LogP contribution in [0.4, 0.5) is 0 Å². The first kappa shape index (κ1) is 11.1. The van der Waals surface area contributed by atoms with Gasteiger partial charge in [-0.15, -0.1) is 11.3 Å². The minimum atomic E-state index is 0.241. The highest BCUT2D eigenvalue weighted by molar-refractivity contribution is 7.11. The Kier molecular flexibility index (Phi) is 3.42. The minimum Gasteiger partial charge on any atom is -0.146 e. The summed E-state index contributed by atoms with van der Waals surface area (Å²) in [6.07, 6.45) is 2.41. The molecular formula is C11H17ClS. The smallest absolute Gasteiger partial charge is 0.0579 e. The van der Waals surface area contributed by atoms with Crippen LogP contribution in [0.2, 0.25) is 5.02 Å². The van der Waals surface area contributed by atoms with Gasteiger partial charge in [-0.2, -0.15) is 0 Å². The summed E-state index contributed by atoms with van der Waals surface area (Å²) in [5.74, 6) is 0. The molecule has 0 fully saturated rings. The van der Waals surface area contributed by atoms with Crippen molar-refractivity contribution in [3.63, 3.8) is 0 Å². The number of rotatable bonds is 3. The maximum Gasteiger partial charge on any atom is 0.0579 e. The van der Waals surface area contributed by atoms with Crippen LogP contribution in [0.1, 0.15) is 44.1 Å². The van der Waals surface area contributed by atoms with Gasteiger partial charge < -0.3 is 0 Å². The van der Waals surface area contributed by atoms with E-state index in [1.807, 2.05) is 0 Å². The third kappa shape index (κ3) is 2.26. The van der Waals surface area contributed by atoms with Gasteiger partial charge in [0.05, 0.1) is 5.02 Å². The lowest BCUT2D eigenvalue weighted by molar-refractivity contribution is 0.482. The van der Waals surface area contributed by atoms with Crippen molar-refractivity contribution in [2.45, 2.75) is 46.0 Å². The van der Waals surface area contributed by atoms with Crippen molar-refractivity contribution in [1.82, 2.24) is 0 Å². The summed E-state index contributed by atoms with van der Waals surface area (Å²) in [5, 5.41) is 3.12. The van der Waals surface area contributed by atoms with Gasteiger partial charge in [0.25, 0.3) is 0 Å². The normalized spacial score (nSPS) is 12.1. The number of hydrogen-bond donors (Lipinski definition) is 0. The van der Waals surface area contributed by atoms with Gasteiger partial charge in [0, 0.05) is 10.3 Å². The topological polar surface area (TPSA) is 0 Å². The van der Waals surface area contributed by atoms with Crippen molar-refractivity contribution >= 4 is 22.9 Å². The lowest BCUT2D eigenvalue weighted by atomic mass is 9.86. The van der Waals surface area contributed by atoms with E-state index in [-0.39, 0.29) is 5.41 Å². The second-order valence-electron chi connectivity index (χ2n) is 4.20. The zero-order chi connectivity index (χ0) is 10.1. The molecule has 13 heavy (non-hydrogen) atoms. The third-order valence-electron chi connectivity index (χ3n) is 2.39. The molecule has 74 valence electrons. The molecule has 0 unspecified atom stereocenters. The van der Waals surface area contributed by atoms with Gasteiger partial charge >= 0.3 is 0 Å². The van der Waals surface area contributed by atoms with Crippen molar-refractivity contribution in [3.05, 3.63) is 20.8 Å². The Morgan fingerprint density at radius 2 is 2.08 bits per heavy atom. The molecule has 0 aliphatic carbocycles. The summed E-state index contributed by atoms with van der Waals surface area (Å²) in [4.78, 5) is 1.34. The highest BCUT2D eigenvalue weighted by Crippen LogP contribution is 2.39. The molecule has 0 saturated carbocycles. The monoisotopic (exact) mass is 216 g/mol. The van der Waals surface area contributed by atoms with Crippen LogP contribution >= 0.6 is 22.9 Å². The van der Waals surface area contributed by atoms with Crippen LogP contribution in [0.15, 0.2) is 5.38 Å². The van der Waals surface area contributed by atoms with Crippen LogP contribution in [0.3, 0.4) is 0 Å². The largest absolute Gasteiger partial charge is 0.146 e. The lowest BCUT2D eigenvalue weighted by Gasteiger charge is -2.23. The van der Waals surface area contributed by atoms with Crippen LogP contribution < -0.4 is 0 Å². The highest BCUT2D eigenvalue weighted by Gasteiger charge is 2.24. The molecule has 2 heteroatoms. The predicted octanol–water partition coefficient (Wildman–Crippen LogP) is 4.79. The van der Waals surface area contributed by atoms with E-state index in [0.717, 1.165) is 5.02 Å². The number of aryl methyl sites for hydroxylation is 1. The molecule has 0 aliphatic heterocycles. The Morgan fingerprint density at radius 1 is 1.46 bits per heavy atom. The zero-order valence-corrected chi connectivity index (χ0v) is 10.4. The summed E-state index contributed by atoms with van der Waals surface area (Å²) < 4.78 is 0. The van der Waals surface area contributed by atoms with E-state index in [4.69, 9.17) is 11.6 Å². The summed E-state index contributed by atoms with van der Waals surface area (Å²) in [6, 6.07) is 0. The third-order valence-corrected chi connectivity index (χ3v) is 4.45. The van der Waals surface area contributed by atoms with E-state index in [9.17, 15) is 0 Å². The predicted molar refractivity (Wildman–Crippen MR) is 62.0 cm³/mol. The van der Waals surface area contributed by atoms with Crippen molar-refractivity contribution in [2.24, 2.45) is 0 Å². The Labute approximate surface area is 89.9 Å². The Bertz CT molecular complexity index is 286. The second-order valence-corrected chi connectivity index (χ2v) is 5.45. The number of thiophene rings is 1. The standard InChI is InChI=1S/C11H17ClS/c1-5-6-11(3,4)10-9(12)8(2)7-13-10/h7H,5-6H2,1-4H3. The quantitative estimate of drug-likeness (QED) is 0.682. The number of halogens is 1. The molecule has 0 N–H and O–H groups in total. The van der Waals surface area contributed by atoms with Gasteiger partial charge in [0.1, 0.15) is 0 Å². The molecule has 1 aromatic heterocycles. The van der Waals surface area contributed by atoms with E-state index in [1.165, 1.54) is 23.3 Å². The van der Waals surface area contributed by atoms with Crippen molar-refractivity contribution in [2.75, 3.05) is 0 Å². The molecule has 0 nitrogen and oxygen atoms in total. The maximum absolute atomic E-state index is 6.24. The van der Waals surface area contributed by atoms with E-state index in [1.54, 1.807) is 11.3 Å². The molecule has 1 aromatic rings. The van der Waals surface area contributed by atoms with Crippen molar-refractivity contribution in [1.29, 1.82) is 0 Å². The first-order valence-electron chi connectivity index (χ1n) is 4.73. The van der Waals surface area contributed by atoms with E-state index >= 15 is 0 Å². The highest BCUT2D eigenvalue weighted by atomic mass is 35.5. The van der Waals surface area contributed by atoms with Crippen molar-refractivity contribution < 1.29 is 0 Å². The molecule has 0 bridgehead atoms. The van der Waals surface area contributed by atoms with Gasteiger partial charge in [0.15, 0.2) is 0 Å². The zero-order valence-electron chi connectivity index (χ0n) is 8.78. The molecule has 0 aliphatic rings. The molecule has 0 atom stereocenters. The Hall–Kier alpha value is -0.0100. The van der Waals surface area contributed by atoms with E-state index in [0.29, 0.717) is 0 Å². The van der Waals surface area contributed by atoms with Gasteiger partial charge in [0.2, 0.25) is 0 Å². The lowest BCUT2D eigenvalue weighted by Crippen LogP contribution is -2.15. The fraction of sp³-hybridized carbons (Fsp3) is 0.636. The van der Waals surface area contributed by atoms with Gasteiger partial charge in [-0.3, -0.25) is 0 Å². The Morgan fingerprint density at radius 3 is 2.46 bits per heavy atom. The molecule has 1 heterocycles.